The van der Waals surface area contributed by atoms with Crippen molar-refractivity contribution >= 4 is 11.7 Å². The van der Waals surface area contributed by atoms with Gasteiger partial charge in [0.1, 0.15) is 12.1 Å². The minimum Gasteiger partial charge on any atom is -0.264 e. The standard InChI is InChI=1S/C16H13N3O/c1-3-7-11(8-4-1)14-13-16(19-20-14)18-15(17-13)12-9-5-2-6-10-12/h1-10,13-14H,(H,17,18,19). The molecule has 98 valence electrons. The van der Waals surface area contributed by atoms with Gasteiger partial charge in [-0.1, -0.05) is 60.7 Å². The van der Waals surface area contributed by atoms with E-state index in [-0.39, 0.29) is 12.1 Å². The summed E-state index contributed by atoms with van der Waals surface area (Å²) in [5, 5.41) is 0. The number of aliphatic imine (C=N–C) groups is 2. The van der Waals surface area contributed by atoms with Crippen LogP contribution in [0.4, 0.5) is 0 Å². The molecule has 0 spiro atoms. The number of fused-ring (bicyclic) bond motifs is 1. The number of nitrogens with one attached hydrogen (secondary N) is 1. The van der Waals surface area contributed by atoms with Crippen molar-refractivity contribution in [2.45, 2.75) is 12.1 Å². The summed E-state index contributed by atoms with van der Waals surface area (Å²) in [6.07, 6.45) is -0.115. The zero-order valence-electron chi connectivity index (χ0n) is 10.7. The fourth-order valence-electron chi connectivity index (χ4n) is 2.50. The van der Waals surface area contributed by atoms with Gasteiger partial charge in [-0.3, -0.25) is 9.83 Å². The van der Waals surface area contributed by atoms with Gasteiger partial charge >= 0.3 is 0 Å². The molecule has 2 aromatic carbocycles. The molecule has 1 N–H and O–H groups in total. The van der Waals surface area contributed by atoms with E-state index in [9.17, 15) is 0 Å². The molecule has 2 aliphatic heterocycles. The molecule has 20 heavy (non-hydrogen) atoms. The predicted molar refractivity (Wildman–Crippen MR) is 77.6 cm³/mol. The van der Waals surface area contributed by atoms with Crippen molar-refractivity contribution in [1.82, 2.24) is 5.48 Å². The summed E-state index contributed by atoms with van der Waals surface area (Å²) >= 11 is 0. The maximum atomic E-state index is 5.60. The normalized spacial score (nSPS) is 23.8. The van der Waals surface area contributed by atoms with Crippen molar-refractivity contribution in [2.24, 2.45) is 9.98 Å². The molecule has 4 heteroatoms. The van der Waals surface area contributed by atoms with Gasteiger partial charge in [-0.2, -0.15) is 0 Å². The molecule has 0 saturated carbocycles. The lowest BCUT2D eigenvalue weighted by atomic mass is 10.0. The molecule has 0 bridgehead atoms. The van der Waals surface area contributed by atoms with E-state index >= 15 is 0 Å². The Morgan fingerprint density at radius 2 is 1.60 bits per heavy atom. The molecule has 0 aliphatic carbocycles. The highest BCUT2D eigenvalue weighted by atomic mass is 16.7. The van der Waals surface area contributed by atoms with Gasteiger partial charge in [0.15, 0.2) is 11.7 Å². The summed E-state index contributed by atoms with van der Waals surface area (Å²) < 4.78 is 0. The molecule has 1 fully saturated rings. The number of hydrogen-bond acceptors (Lipinski definition) is 4. The van der Waals surface area contributed by atoms with Crippen LogP contribution < -0.4 is 5.48 Å². The van der Waals surface area contributed by atoms with E-state index in [0.717, 1.165) is 22.8 Å². The highest BCUT2D eigenvalue weighted by Crippen LogP contribution is 2.31. The van der Waals surface area contributed by atoms with Crippen molar-refractivity contribution in [3.05, 3.63) is 71.8 Å². The highest BCUT2D eigenvalue weighted by molar-refractivity contribution is 6.12. The third-order valence-corrected chi connectivity index (χ3v) is 3.51. The Balaban J connectivity index is 1.67. The van der Waals surface area contributed by atoms with Crippen LogP contribution in [0.25, 0.3) is 0 Å². The molecule has 4 rings (SSSR count). The molecule has 0 aromatic heterocycles. The van der Waals surface area contributed by atoms with Gasteiger partial charge in [-0.25, -0.2) is 10.5 Å². The first-order chi connectivity index (χ1) is 9.92. The van der Waals surface area contributed by atoms with Crippen LogP contribution in [0.2, 0.25) is 0 Å². The number of nitrogens with zero attached hydrogens (tertiary/aromatic N) is 2. The van der Waals surface area contributed by atoms with Crippen molar-refractivity contribution < 1.29 is 4.84 Å². The zero-order valence-corrected chi connectivity index (χ0v) is 10.7. The maximum absolute atomic E-state index is 5.60. The summed E-state index contributed by atoms with van der Waals surface area (Å²) in [7, 11) is 0. The topological polar surface area (TPSA) is 46.0 Å². The van der Waals surface area contributed by atoms with E-state index < -0.39 is 0 Å². The van der Waals surface area contributed by atoms with E-state index in [2.05, 4.69) is 10.5 Å². The Morgan fingerprint density at radius 1 is 0.900 bits per heavy atom. The fraction of sp³-hybridized carbons (Fsp3) is 0.125. The largest absolute Gasteiger partial charge is 0.264 e. The first kappa shape index (κ1) is 11.4. The molecule has 0 radical (unpaired) electrons. The molecule has 2 aliphatic rings. The average Bonchev–Trinajstić information content (AvgIpc) is 3.09. The molecule has 2 heterocycles. The molecule has 2 unspecified atom stereocenters. The smallest absolute Gasteiger partial charge is 0.157 e. The Labute approximate surface area is 116 Å². The summed E-state index contributed by atoms with van der Waals surface area (Å²) in [5.41, 5.74) is 5.04. The molecular weight excluding hydrogens is 250 g/mol. The number of benzene rings is 2. The SMILES string of the molecule is c1ccc(C2=NC3C(=N2)NOC3c2ccccc2)cc1. The predicted octanol–water partition coefficient (Wildman–Crippen LogP) is 2.49. The first-order valence-corrected chi connectivity index (χ1v) is 6.60. The number of hydrogen-bond donors (Lipinski definition) is 1. The van der Waals surface area contributed by atoms with Crippen LogP contribution in [0.3, 0.4) is 0 Å². The van der Waals surface area contributed by atoms with Crippen LogP contribution in [0.5, 0.6) is 0 Å². The van der Waals surface area contributed by atoms with Crippen molar-refractivity contribution in [1.29, 1.82) is 0 Å². The van der Waals surface area contributed by atoms with E-state index in [4.69, 9.17) is 9.83 Å². The summed E-state index contributed by atoms with van der Waals surface area (Å²) in [5.74, 6) is 1.56. The van der Waals surface area contributed by atoms with Gasteiger partial charge in [0.2, 0.25) is 0 Å². The second kappa shape index (κ2) is 4.58. The van der Waals surface area contributed by atoms with Gasteiger partial charge in [0.05, 0.1) is 0 Å². The second-order valence-electron chi connectivity index (χ2n) is 4.81. The van der Waals surface area contributed by atoms with Crippen molar-refractivity contribution in [2.75, 3.05) is 0 Å². The number of hydroxylamine groups is 1. The minimum absolute atomic E-state index is 0.0763. The number of rotatable bonds is 2. The first-order valence-electron chi connectivity index (χ1n) is 6.60. The lowest BCUT2D eigenvalue weighted by Gasteiger charge is -2.11. The highest BCUT2D eigenvalue weighted by Gasteiger charge is 2.39. The molecule has 0 amide bonds. The van der Waals surface area contributed by atoms with E-state index in [1.54, 1.807) is 0 Å². The van der Waals surface area contributed by atoms with Gasteiger partial charge in [-0.05, 0) is 5.56 Å². The van der Waals surface area contributed by atoms with Crippen LogP contribution in [-0.2, 0) is 4.84 Å². The lowest BCUT2D eigenvalue weighted by Crippen LogP contribution is -2.19. The summed E-state index contributed by atoms with van der Waals surface area (Å²) in [6, 6.07) is 20.0. The molecule has 1 saturated heterocycles. The van der Waals surface area contributed by atoms with Crippen molar-refractivity contribution in [3.8, 4) is 0 Å². The Bertz CT molecular complexity index is 679. The Morgan fingerprint density at radius 3 is 2.35 bits per heavy atom. The fourth-order valence-corrected chi connectivity index (χ4v) is 2.50. The van der Waals surface area contributed by atoms with E-state index in [0.29, 0.717) is 0 Å². The van der Waals surface area contributed by atoms with Crippen LogP contribution >= 0.6 is 0 Å². The third-order valence-electron chi connectivity index (χ3n) is 3.51. The number of amidine groups is 2. The molecular formula is C16H13N3O. The summed E-state index contributed by atoms with van der Waals surface area (Å²) in [4.78, 5) is 14.8. The van der Waals surface area contributed by atoms with Gasteiger partial charge in [0.25, 0.3) is 0 Å². The molecule has 2 atom stereocenters. The lowest BCUT2D eigenvalue weighted by molar-refractivity contribution is 0.0390. The zero-order chi connectivity index (χ0) is 13.4. The van der Waals surface area contributed by atoms with Gasteiger partial charge in [-0.15, -0.1) is 0 Å². The van der Waals surface area contributed by atoms with Crippen LogP contribution in [0, 0.1) is 0 Å². The second-order valence-corrected chi connectivity index (χ2v) is 4.81. The van der Waals surface area contributed by atoms with Gasteiger partial charge < -0.3 is 0 Å². The van der Waals surface area contributed by atoms with Crippen LogP contribution in [0.1, 0.15) is 17.2 Å². The molecule has 4 nitrogen and oxygen atoms in total. The average molecular weight is 263 g/mol. The maximum Gasteiger partial charge on any atom is 0.157 e. The van der Waals surface area contributed by atoms with Crippen LogP contribution in [-0.4, -0.2) is 17.7 Å². The van der Waals surface area contributed by atoms with Gasteiger partial charge in [0, 0.05) is 5.56 Å². The van der Waals surface area contributed by atoms with E-state index in [1.165, 1.54) is 0 Å². The van der Waals surface area contributed by atoms with Crippen molar-refractivity contribution in [3.63, 3.8) is 0 Å². The summed E-state index contributed by atoms with van der Waals surface area (Å²) in [6.45, 7) is 0. The Kier molecular flexibility index (Phi) is 2.60. The van der Waals surface area contributed by atoms with Crippen LogP contribution in [0.15, 0.2) is 70.6 Å². The minimum atomic E-state index is -0.115. The monoisotopic (exact) mass is 263 g/mol. The quantitative estimate of drug-likeness (QED) is 0.904. The Hall–Kier alpha value is -2.46. The third kappa shape index (κ3) is 1.82. The van der Waals surface area contributed by atoms with E-state index in [1.807, 2.05) is 60.7 Å². The molecule has 2 aromatic rings.